The molecule has 0 saturated carbocycles. The zero-order valence-corrected chi connectivity index (χ0v) is 43.8. The number of halogens is 2. The first kappa shape index (κ1) is 43.3. The molecule has 0 saturated heterocycles. The van der Waals surface area contributed by atoms with Gasteiger partial charge in [0.15, 0.2) is 0 Å². The van der Waals surface area contributed by atoms with Crippen LogP contribution in [0.15, 0.2) is 181 Å². The van der Waals surface area contributed by atoms with Gasteiger partial charge in [-0.25, -0.2) is 0 Å². The first-order chi connectivity index (χ1) is 31.2. The van der Waals surface area contributed by atoms with Gasteiger partial charge in [0.05, 0.1) is 0 Å². The van der Waals surface area contributed by atoms with Crippen LogP contribution >= 0.6 is 17.2 Å². The van der Waals surface area contributed by atoms with Gasteiger partial charge in [0.25, 0.3) is 0 Å². The molecule has 2 aliphatic rings. The molecule has 0 aromatic heterocycles. The van der Waals surface area contributed by atoms with Crippen molar-refractivity contribution in [1.29, 1.82) is 0 Å². The van der Waals surface area contributed by atoms with Crippen LogP contribution in [0.2, 0.25) is 13.1 Å². The maximum absolute atomic E-state index is 9.09. The molecule has 8 aromatic rings. The number of rotatable bonds is 13. The predicted molar refractivity (Wildman–Crippen MR) is 281 cm³/mol. The van der Waals surface area contributed by atoms with Crippen molar-refractivity contribution in [2.75, 3.05) is 0 Å². The van der Waals surface area contributed by atoms with Crippen LogP contribution in [0.5, 0.6) is 0 Å². The topological polar surface area (TPSA) is 0 Å². The summed E-state index contributed by atoms with van der Waals surface area (Å²) in [5.74, 6) is -1.77. The monoisotopic (exact) mass is 1060 g/mol. The van der Waals surface area contributed by atoms with E-state index in [1.165, 1.54) is 99.5 Å². The van der Waals surface area contributed by atoms with E-state index in [1.807, 2.05) is 0 Å². The fraction of sp³-hybridized carbons (Fsp3) is 0.200. The Hall–Kier alpha value is -4.57. The molecule has 0 fully saturated rings. The Labute approximate surface area is 389 Å². The third kappa shape index (κ3) is 7.19. The SMILES string of the molecule is CCCCC1=Cc2c(-c3ccccc3-c3cccc4ccccc34)cccc2[CH]1[Hf]([Cl])([Cl])([CH]1C(CCCC)=Cc2c(-c3ccccc3-c3cccc4ccccc34)cccc21)[SiH](C)C. The van der Waals surface area contributed by atoms with Gasteiger partial charge in [-0.3, -0.25) is 0 Å². The Morgan fingerprint density at radius 2 is 0.734 bits per heavy atom. The fourth-order valence-corrected chi connectivity index (χ4v) is 56.1. The van der Waals surface area contributed by atoms with Crippen molar-refractivity contribution in [2.45, 2.75) is 72.8 Å². The van der Waals surface area contributed by atoms with Crippen molar-refractivity contribution < 1.29 is 15.3 Å². The van der Waals surface area contributed by atoms with E-state index in [9.17, 15) is 0 Å². The summed E-state index contributed by atoms with van der Waals surface area (Å²) in [7, 11) is 18.2. The third-order valence-corrected chi connectivity index (χ3v) is 87.6. The van der Waals surface area contributed by atoms with Gasteiger partial charge in [-0.15, -0.1) is 0 Å². The molecule has 319 valence electrons. The standard InChI is InChI=1S/2C29H25.C2H7Si.2ClH.Hf/c2*1-2-3-10-21-19-23-13-9-18-28(29(23)20-21)27-16-7-6-15-26(27)25-17-8-12-22-11-4-5-14-24(22)25;1-3-2;;;/h2*4-9,11-20H,2-3,10H2,1H3;3H,1-2H3;2*1H;/q;;;;;+2/p-2. The number of allylic oxidation sites excluding steroid dienone is 2. The fourth-order valence-electron chi connectivity index (χ4n) is 11.6. The first-order valence-electron chi connectivity index (χ1n) is 23.6. The predicted octanol–water partition coefficient (Wildman–Crippen LogP) is 18.6. The summed E-state index contributed by atoms with van der Waals surface area (Å²) >= 11 is -5.26. The van der Waals surface area contributed by atoms with E-state index in [1.54, 1.807) is 0 Å². The summed E-state index contributed by atoms with van der Waals surface area (Å²) in [6, 6.07) is 63.0. The van der Waals surface area contributed by atoms with Crippen LogP contribution in [0.4, 0.5) is 0 Å². The first-order valence-corrected chi connectivity index (χ1v) is 45.8. The van der Waals surface area contributed by atoms with Gasteiger partial charge in [-0.05, 0) is 0 Å². The van der Waals surface area contributed by atoms with E-state index < -0.39 is 21.3 Å². The molecule has 2 atom stereocenters. The molecule has 0 N–H and O–H groups in total. The summed E-state index contributed by atoms with van der Waals surface area (Å²) in [6.45, 7) is 9.62. The molecule has 10 rings (SSSR count). The number of benzene rings is 8. The number of fused-ring (bicyclic) bond motifs is 4. The Morgan fingerprint density at radius 3 is 1.14 bits per heavy atom. The Morgan fingerprint density at radius 1 is 0.406 bits per heavy atom. The number of unbranched alkanes of at least 4 members (excludes halogenated alkanes) is 2. The van der Waals surface area contributed by atoms with Crippen LogP contribution in [0.3, 0.4) is 0 Å². The minimum absolute atomic E-state index is 0.0471. The van der Waals surface area contributed by atoms with Gasteiger partial charge in [-0.2, -0.15) is 0 Å². The van der Waals surface area contributed by atoms with Crippen LogP contribution in [0.1, 0.15) is 82.0 Å². The van der Waals surface area contributed by atoms with Gasteiger partial charge < -0.3 is 0 Å². The normalized spacial score (nSPS) is 16.4. The molecule has 0 spiro atoms. The van der Waals surface area contributed by atoms with Gasteiger partial charge in [0.1, 0.15) is 0 Å². The maximum atomic E-state index is 9.09. The van der Waals surface area contributed by atoms with Crippen molar-refractivity contribution in [3.8, 4) is 44.5 Å². The van der Waals surface area contributed by atoms with Crippen LogP contribution < -0.4 is 0 Å². The second-order valence-corrected chi connectivity index (χ2v) is 77.9. The van der Waals surface area contributed by atoms with Crippen LogP contribution in [-0.4, -0.2) is 5.98 Å². The molecule has 0 bridgehead atoms. The molecular formula is C60H57Cl2HfSi. The summed E-state index contributed by atoms with van der Waals surface area (Å²) in [4.78, 5) is 0. The van der Waals surface area contributed by atoms with Crippen molar-refractivity contribution in [2.24, 2.45) is 0 Å². The number of hydrogen-bond acceptors (Lipinski definition) is 0. The summed E-state index contributed by atoms with van der Waals surface area (Å²) < 4.78 is 0.0941. The van der Waals surface area contributed by atoms with E-state index in [0.717, 1.165) is 38.5 Å². The quantitative estimate of drug-likeness (QED) is 0.101. The average molecular weight is 1060 g/mol. The van der Waals surface area contributed by atoms with Crippen molar-refractivity contribution in [1.82, 2.24) is 0 Å². The molecule has 0 heterocycles. The van der Waals surface area contributed by atoms with Crippen LogP contribution in [0.25, 0.3) is 78.2 Å². The summed E-state index contributed by atoms with van der Waals surface area (Å²) in [5, 5.41) is 5.06. The van der Waals surface area contributed by atoms with Crippen molar-refractivity contribution >= 4 is 56.8 Å². The molecule has 0 radical (unpaired) electrons. The van der Waals surface area contributed by atoms with Crippen LogP contribution in [0, 0.1) is 0 Å². The number of hydrogen-bond donors (Lipinski definition) is 0. The molecule has 0 nitrogen and oxygen atoms in total. The van der Waals surface area contributed by atoms with Gasteiger partial charge in [0.2, 0.25) is 0 Å². The second kappa shape index (κ2) is 17.7. The van der Waals surface area contributed by atoms with E-state index >= 15 is 0 Å². The third-order valence-electron chi connectivity index (χ3n) is 14.7. The zero-order chi connectivity index (χ0) is 44.0. The molecular weight excluding hydrogens is 998 g/mol. The Balaban J connectivity index is 1.17. The van der Waals surface area contributed by atoms with Crippen LogP contribution in [-0.2, 0) is 15.3 Å². The average Bonchev–Trinajstić information content (AvgIpc) is 3.92. The van der Waals surface area contributed by atoms with Gasteiger partial charge >= 0.3 is 393 Å². The molecule has 0 aliphatic heterocycles. The molecule has 64 heavy (non-hydrogen) atoms. The summed E-state index contributed by atoms with van der Waals surface area (Å²) in [6.07, 6.45) is 11.6. The zero-order valence-electron chi connectivity index (χ0n) is 37.6. The molecule has 0 amide bonds. The van der Waals surface area contributed by atoms with E-state index in [0.29, 0.717) is 0 Å². The minimum atomic E-state index is -5.26. The Bertz CT molecular complexity index is 2920. The van der Waals surface area contributed by atoms with Gasteiger partial charge in [-0.1, -0.05) is 0 Å². The second-order valence-electron chi connectivity index (χ2n) is 18.7. The summed E-state index contributed by atoms with van der Waals surface area (Å²) in [5.41, 5.74) is 18.4. The van der Waals surface area contributed by atoms with E-state index in [-0.39, 0.29) is 7.35 Å². The molecule has 4 heteroatoms. The molecule has 8 aromatic carbocycles. The Kier molecular flexibility index (Phi) is 12.0. The van der Waals surface area contributed by atoms with Gasteiger partial charge in [0, 0.05) is 0 Å². The van der Waals surface area contributed by atoms with Crippen molar-refractivity contribution in [3.63, 3.8) is 0 Å². The van der Waals surface area contributed by atoms with Crippen molar-refractivity contribution in [3.05, 3.63) is 203 Å². The molecule has 2 unspecified atom stereocenters. The van der Waals surface area contributed by atoms with E-state index in [2.05, 4.69) is 209 Å². The van der Waals surface area contributed by atoms with E-state index in [4.69, 9.17) is 17.2 Å². The molecule has 2 aliphatic carbocycles.